The Balaban J connectivity index is 2.24. The van der Waals surface area contributed by atoms with Crippen molar-refractivity contribution >= 4 is 5.69 Å². The second-order valence-electron chi connectivity index (χ2n) is 5.37. The van der Waals surface area contributed by atoms with Crippen molar-refractivity contribution < 1.29 is 5.11 Å². The molecule has 0 bridgehead atoms. The monoisotopic (exact) mass is 247 g/mol. The van der Waals surface area contributed by atoms with E-state index in [0.717, 1.165) is 5.56 Å². The summed E-state index contributed by atoms with van der Waals surface area (Å²) in [6, 6.07) is 7.17. The highest BCUT2D eigenvalue weighted by molar-refractivity contribution is 5.51. The average Bonchev–Trinajstić information content (AvgIpc) is 2.63. The maximum Gasteiger partial charge on any atom is 0.0684 e. The predicted octanol–water partition coefficient (Wildman–Crippen LogP) is 3.65. The van der Waals surface area contributed by atoms with Crippen LogP contribution in [-0.2, 0) is 6.61 Å². The van der Waals surface area contributed by atoms with E-state index >= 15 is 0 Å². The molecule has 1 aromatic rings. The molecule has 1 unspecified atom stereocenters. The van der Waals surface area contributed by atoms with Crippen LogP contribution >= 0.6 is 0 Å². The number of benzene rings is 1. The Hall–Kier alpha value is -1.02. The second kappa shape index (κ2) is 6.24. The Morgan fingerprint density at radius 3 is 2.78 bits per heavy atom. The molecule has 18 heavy (non-hydrogen) atoms. The molecule has 0 amide bonds. The summed E-state index contributed by atoms with van der Waals surface area (Å²) in [4.78, 5) is 2.57. The maximum absolute atomic E-state index is 9.25. The number of hydrogen-bond acceptors (Lipinski definition) is 2. The molecule has 1 saturated heterocycles. The van der Waals surface area contributed by atoms with Gasteiger partial charge in [0.25, 0.3) is 0 Å². The lowest BCUT2D eigenvalue weighted by atomic mass is 10.0. The van der Waals surface area contributed by atoms with E-state index in [1.165, 1.54) is 49.9 Å². The summed E-state index contributed by atoms with van der Waals surface area (Å²) >= 11 is 0. The van der Waals surface area contributed by atoms with Crippen molar-refractivity contribution in [3.8, 4) is 0 Å². The van der Waals surface area contributed by atoms with Gasteiger partial charge < -0.3 is 10.0 Å². The molecule has 2 nitrogen and oxygen atoms in total. The molecule has 2 rings (SSSR count). The largest absolute Gasteiger partial charge is 0.392 e. The second-order valence-corrected chi connectivity index (χ2v) is 5.37. The van der Waals surface area contributed by atoms with Gasteiger partial charge in [0.15, 0.2) is 0 Å². The lowest BCUT2D eigenvalue weighted by molar-refractivity contribution is 0.281. The molecule has 1 aromatic carbocycles. The third-order valence-electron chi connectivity index (χ3n) is 4.18. The van der Waals surface area contributed by atoms with Gasteiger partial charge >= 0.3 is 0 Å². The molecule has 1 atom stereocenters. The first-order valence-corrected chi connectivity index (χ1v) is 7.23. The van der Waals surface area contributed by atoms with Crippen LogP contribution in [0.15, 0.2) is 18.2 Å². The number of nitrogens with zero attached hydrogens (tertiary/aromatic N) is 1. The third kappa shape index (κ3) is 2.86. The molecule has 1 N–H and O–H groups in total. The molecule has 0 spiro atoms. The van der Waals surface area contributed by atoms with Crippen LogP contribution in [0.2, 0.25) is 0 Å². The maximum atomic E-state index is 9.25. The van der Waals surface area contributed by atoms with Crippen LogP contribution in [0.4, 0.5) is 5.69 Å². The average molecular weight is 247 g/mol. The number of aliphatic hydroxyl groups is 1. The van der Waals surface area contributed by atoms with E-state index in [0.29, 0.717) is 6.04 Å². The molecule has 1 aliphatic rings. The zero-order valence-electron chi connectivity index (χ0n) is 11.7. The van der Waals surface area contributed by atoms with Gasteiger partial charge in [-0.2, -0.15) is 0 Å². The first kappa shape index (κ1) is 13.4. The normalized spacial score (nSPS) is 20.8. The molecule has 1 fully saturated rings. The van der Waals surface area contributed by atoms with Crippen LogP contribution in [0.3, 0.4) is 0 Å². The predicted molar refractivity (Wildman–Crippen MR) is 77.0 cm³/mol. The Kier molecular flexibility index (Phi) is 4.65. The Labute approximate surface area is 111 Å². The van der Waals surface area contributed by atoms with Gasteiger partial charge in [0.05, 0.1) is 6.61 Å². The van der Waals surface area contributed by atoms with E-state index in [2.05, 4.69) is 36.9 Å². The number of anilines is 1. The summed E-state index contributed by atoms with van der Waals surface area (Å²) in [6.07, 6.45) is 6.57. The minimum Gasteiger partial charge on any atom is -0.392 e. The Bertz CT molecular complexity index is 389. The minimum atomic E-state index is 0.142. The minimum absolute atomic E-state index is 0.142. The van der Waals surface area contributed by atoms with Crippen LogP contribution in [0.1, 0.15) is 50.2 Å². The third-order valence-corrected chi connectivity index (χ3v) is 4.18. The van der Waals surface area contributed by atoms with E-state index in [-0.39, 0.29) is 6.61 Å². The highest BCUT2D eigenvalue weighted by Crippen LogP contribution is 2.27. The van der Waals surface area contributed by atoms with Crippen molar-refractivity contribution in [1.29, 1.82) is 0 Å². The number of aliphatic hydroxyl groups excluding tert-OH is 1. The first-order valence-electron chi connectivity index (χ1n) is 7.23. The number of rotatable bonds is 3. The van der Waals surface area contributed by atoms with Crippen LogP contribution < -0.4 is 4.90 Å². The van der Waals surface area contributed by atoms with Crippen LogP contribution in [0.5, 0.6) is 0 Å². The SMILES string of the molecule is CCC1CCCCCN1c1ccc(CO)c(C)c1. The molecule has 100 valence electrons. The van der Waals surface area contributed by atoms with Gasteiger partial charge in [0.2, 0.25) is 0 Å². The zero-order chi connectivity index (χ0) is 13.0. The van der Waals surface area contributed by atoms with Crippen LogP contribution in [-0.4, -0.2) is 17.7 Å². The molecule has 1 heterocycles. The fraction of sp³-hybridized carbons (Fsp3) is 0.625. The highest BCUT2D eigenvalue weighted by Gasteiger charge is 2.19. The van der Waals surface area contributed by atoms with Crippen molar-refractivity contribution in [2.45, 2.75) is 58.6 Å². The van der Waals surface area contributed by atoms with E-state index < -0.39 is 0 Å². The molecule has 0 radical (unpaired) electrons. The molecular formula is C16H25NO. The fourth-order valence-corrected chi connectivity index (χ4v) is 2.98. The van der Waals surface area contributed by atoms with Gasteiger partial charge in [0, 0.05) is 18.3 Å². The summed E-state index contributed by atoms with van der Waals surface area (Å²) in [5.74, 6) is 0. The summed E-state index contributed by atoms with van der Waals surface area (Å²) in [6.45, 7) is 5.70. The fourth-order valence-electron chi connectivity index (χ4n) is 2.98. The summed E-state index contributed by atoms with van der Waals surface area (Å²) in [5.41, 5.74) is 3.58. The zero-order valence-corrected chi connectivity index (χ0v) is 11.7. The van der Waals surface area contributed by atoms with Gasteiger partial charge in [-0.15, -0.1) is 0 Å². The molecule has 2 heteroatoms. The van der Waals surface area contributed by atoms with E-state index in [1.54, 1.807) is 0 Å². The van der Waals surface area contributed by atoms with E-state index in [4.69, 9.17) is 0 Å². The lowest BCUT2D eigenvalue weighted by Gasteiger charge is -2.32. The molecule has 0 aliphatic carbocycles. The van der Waals surface area contributed by atoms with Crippen molar-refractivity contribution in [1.82, 2.24) is 0 Å². The smallest absolute Gasteiger partial charge is 0.0684 e. The molecule has 0 saturated carbocycles. The van der Waals surface area contributed by atoms with Crippen LogP contribution in [0.25, 0.3) is 0 Å². The number of hydrogen-bond donors (Lipinski definition) is 1. The van der Waals surface area contributed by atoms with Gasteiger partial charge in [0.1, 0.15) is 0 Å². The standard InChI is InChI=1S/C16H25NO/c1-3-15-7-5-4-6-10-17(15)16-9-8-14(12-18)13(2)11-16/h8-9,11,15,18H,3-7,10,12H2,1-2H3. The molecule has 1 aliphatic heterocycles. The van der Waals surface area contributed by atoms with Crippen molar-refractivity contribution in [3.63, 3.8) is 0 Å². The number of aryl methyl sites for hydroxylation is 1. The van der Waals surface area contributed by atoms with Gasteiger partial charge in [-0.1, -0.05) is 25.8 Å². The molecular weight excluding hydrogens is 222 g/mol. The van der Waals surface area contributed by atoms with Crippen molar-refractivity contribution in [3.05, 3.63) is 29.3 Å². The summed E-state index contributed by atoms with van der Waals surface area (Å²) in [5, 5.41) is 9.25. The highest BCUT2D eigenvalue weighted by atomic mass is 16.3. The van der Waals surface area contributed by atoms with E-state index in [9.17, 15) is 5.11 Å². The Morgan fingerprint density at radius 2 is 2.11 bits per heavy atom. The topological polar surface area (TPSA) is 23.5 Å². The van der Waals surface area contributed by atoms with Gasteiger partial charge in [-0.25, -0.2) is 0 Å². The van der Waals surface area contributed by atoms with Gasteiger partial charge in [-0.05, 0) is 49.4 Å². The summed E-state index contributed by atoms with van der Waals surface area (Å²) in [7, 11) is 0. The van der Waals surface area contributed by atoms with Crippen molar-refractivity contribution in [2.75, 3.05) is 11.4 Å². The van der Waals surface area contributed by atoms with Crippen LogP contribution in [0, 0.1) is 6.92 Å². The summed E-state index contributed by atoms with van der Waals surface area (Å²) < 4.78 is 0. The quantitative estimate of drug-likeness (QED) is 0.881. The Morgan fingerprint density at radius 1 is 1.28 bits per heavy atom. The lowest BCUT2D eigenvalue weighted by Crippen LogP contribution is -2.34. The first-order chi connectivity index (χ1) is 8.76. The van der Waals surface area contributed by atoms with Gasteiger partial charge in [-0.3, -0.25) is 0 Å². The molecule has 0 aromatic heterocycles. The van der Waals surface area contributed by atoms with Crippen molar-refractivity contribution in [2.24, 2.45) is 0 Å². The van der Waals surface area contributed by atoms with E-state index in [1.807, 2.05) is 0 Å².